The minimum Gasteiger partial charge on any atom is -0.768 e. The van der Waals surface area contributed by atoms with Gasteiger partial charge in [0.1, 0.15) is 5.75 Å². The van der Waals surface area contributed by atoms with Crippen LogP contribution in [0.4, 0.5) is 0 Å². The van der Waals surface area contributed by atoms with Crippen LogP contribution in [0.5, 0.6) is 5.75 Å². The monoisotopic (exact) mass is 229 g/mol. The van der Waals surface area contributed by atoms with Gasteiger partial charge >= 0.3 is 0 Å². The smallest absolute Gasteiger partial charge is 0.119 e. The highest BCUT2D eigenvalue weighted by Gasteiger charge is 1.95. The van der Waals surface area contributed by atoms with Crippen LogP contribution in [0, 0.1) is 0 Å². The summed E-state index contributed by atoms with van der Waals surface area (Å²) in [6.07, 6.45) is 0.811. The van der Waals surface area contributed by atoms with Gasteiger partial charge in [-0.25, -0.2) is 0 Å². The maximum absolute atomic E-state index is 10.6. The van der Waals surface area contributed by atoms with E-state index in [1.165, 1.54) is 12.1 Å². The van der Waals surface area contributed by atoms with Crippen molar-refractivity contribution in [2.75, 3.05) is 20.3 Å². The lowest BCUT2D eigenvalue weighted by Crippen LogP contribution is -2.01. The van der Waals surface area contributed by atoms with Crippen LogP contribution in [0.25, 0.3) is 0 Å². The maximum Gasteiger partial charge on any atom is 0.119 e. The standard InChI is InChI=1S/C10H14O4S/c1-13-7-2-8-14-9-3-5-10(6-4-9)15(11)12/h3-6H,2,7-8H2,1H3,(H,11,12)/p-1. The number of benzene rings is 1. The molecule has 1 aromatic rings. The largest absolute Gasteiger partial charge is 0.768 e. The molecular formula is C10H13O4S-. The molecule has 0 aromatic heterocycles. The molecule has 4 nitrogen and oxygen atoms in total. The van der Waals surface area contributed by atoms with Crippen LogP contribution in [-0.2, 0) is 15.8 Å². The molecule has 0 saturated heterocycles. The summed E-state index contributed by atoms with van der Waals surface area (Å²) in [5.74, 6) is 0.667. The molecule has 0 aliphatic carbocycles. The van der Waals surface area contributed by atoms with Gasteiger partial charge in [0.25, 0.3) is 0 Å². The summed E-state index contributed by atoms with van der Waals surface area (Å²) in [7, 11) is 1.64. The van der Waals surface area contributed by atoms with Crippen molar-refractivity contribution in [2.24, 2.45) is 0 Å². The van der Waals surface area contributed by atoms with Crippen molar-refractivity contribution in [1.82, 2.24) is 0 Å². The van der Waals surface area contributed by atoms with E-state index in [1.54, 1.807) is 19.2 Å². The molecule has 0 spiro atoms. The molecule has 0 radical (unpaired) electrons. The Hall–Kier alpha value is -0.910. The first-order chi connectivity index (χ1) is 7.24. The van der Waals surface area contributed by atoms with Crippen LogP contribution in [-0.4, -0.2) is 29.1 Å². The van der Waals surface area contributed by atoms with Crippen LogP contribution < -0.4 is 4.74 Å². The molecule has 1 aromatic carbocycles. The van der Waals surface area contributed by atoms with E-state index < -0.39 is 11.1 Å². The van der Waals surface area contributed by atoms with Gasteiger partial charge in [-0.3, -0.25) is 4.21 Å². The summed E-state index contributed by atoms with van der Waals surface area (Å²) in [6.45, 7) is 1.22. The van der Waals surface area contributed by atoms with Gasteiger partial charge < -0.3 is 14.0 Å². The Morgan fingerprint density at radius 3 is 2.47 bits per heavy atom. The molecule has 0 heterocycles. The van der Waals surface area contributed by atoms with Gasteiger partial charge in [0.2, 0.25) is 0 Å². The van der Waals surface area contributed by atoms with Crippen molar-refractivity contribution in [1.29, 1.82) is 0 Å². The van der Waals surface area contributed by atoms with E-state index in [0.29, 0.717) is 19.0 Å². The predicted octanol–water partition coefficient (Wildman–Crippen LogP) is 1.34. The molecule has 0 fully saturated rings. The van der Waals surface area contributed by atoms with Gasteiger partial charge in [0.05, 0.1) is 6.61 Å². The van der Waals surface area contributed by atoms with E-state index in [-0.39, 0.29) is 4.90 Å². The fraction of sp³-hybridized carbons (Fsp3) is 0.400. The second kappa shape index (κ2) is 6.55. The quantitative estimate of drug-likeness (QED) is 0.545. The molecule has 0 N–H and O–H groups in total. The number of methoxy groups -OCH3 is 1. The van der Waals surface area contributed by atoms with Gasteiger partial charge in [-0.2, -0.15) is 0 Å². The average molecular weight is 229 g/mol. The van der Waals surface area contributed by atoms with Crippen LogP contribution in [0.1, 0.15) is 6.42 Å². The molecule has 0 aliphatic heterocycles. The molecule has 1 rings (SSSR count). The predicted molar refractivity (Wildman–Crippen MR) is 55.6 cm³/mol. The Morgan fingerprint density at radius 2 is 1.93 bits per heavy atom. The van der Waals surface area contributed by atoms with E-state index in [0.717, 1.165) is 6.42 Å². The Labute approximate surface area is 91.5 Å². The lowest BCUT2D eigenvalue weighted by molar-refractivity contribution is 0.172. The molecule has 1 unspecified atom stereocenters. The molecule has 0 amide bonds. The summed E-state index contributed by atoms with van der Waals surface area (Å²) in [4.78, 5) is 0.263. The Morgan fingerprint density at radius 1 is 1.27 bits per heavy atom. The molecule has 1 atom stereocenters. The van der Waals surface area contributed by atoms with Crippen LogP contribution in [0.15, 0.2) is 29.2 Å². The first kappa shape index (κ1) is 12.2. The SMILES string of the molecule is COCCCOc1ccc(S(=O)[O-])cc1. The van der Waals surface area contributed by atoms with Crippen molar-refractivity contribution >= 4 is 11.1 Å². The van der Waals surface area contributed by atoms with E-state index in [4.69, 9.17) is 9.47 Å². The molecule has 0 bridgehead atoms. The number of hydrogen-bond acceptors (Lipinski definition) is 4. The Balaban J connectivity index is 2.39. The average Bonchev–Trinajstić information content (AvgIpc) is 2.25. The Kier molecular flexibility index (Phi) is 5.31. The lowest BCUT2D eigenvalue weighted by Gasteiger charge is -2.08. The van der Waals surface area contributed by atoms with Crippen molar-refractivity contribution in [3.63, 3.8) is 0 Å². The molecular weight excluding hydrogens is 216 g/mol. The summed E-state index contributed by atoms with van der Waals surface area (Å²) in [6, 6.07) is 6.29. The minimum absolute atomic E-state index is 0.263. The van der Waals surface area contributed by atoms with Crippen LogP contribution >= 0.6 is 0 Å². The molecule has 15 heavy (non-hydrogen) atoms. The first-order valence-electron chi connectivity index (χ1n) is 4.55. The van der Waals surface area contributed by atoms with Crippen molar-refractivity contribution in [3.8, 4) is 5.75 Å². The topological polar surface area (TPSA) is 58.6 Å². The molecule has 0 saturated carbocycles. The molecule has 84 valence electrons. The summed E-state index contributed by atoms with van der Waals surface area (Å²) >= 11 is -2.17. The maximum atomic E-state index is 10.6. The Bertz CT molecular complexity index is 310. The van der Waals surface area contributed by atoms with Gasteiger partial charge in [-0.1, -0.05) is 0 Å². The van der Waals surface area contributed by atoms with E-state index in [9.17, 15) is 8.76 Å². The van der Waals surface area contributed by atoms with E-state index >= 15 is 0 Å². The highest BCUT2D eigenvalue weighted by Crippen LogP contribution is 2.13. The van der Waals surface area contributed by atoms with Gasteiger partial charge in [-0.15, -0.1) is 0 Å². The summed E-state index contributed by atoms with van der Waals surface area (Å²) in [5, 5.41) is 0. The van der Waals surface area contributed by atoms with Crippen molar-refractivity contribution < 1.29 is 18.2 Å². The summed E-state index contributed by atoms with van der Waals surface area (Å²) < 4.78 is 31.3. The second-order valence-corrected chi connectivity index (χ2v) is 3.84. The third-order valence-corrected chi connectivity index (χ3v) is 2.43. The zero-order valence-corrected chi connectivity index (χ0v) is 9.29. The first-order valence-corrected chi connectivity index (χ1v) is 5.62. The van der Waals surface area contributed by atoms with Gasteiger partial charge in [-0.05, 0) is 35.3 Å². The van der Waals surface area contributed by atoms with Crippen LogP contribution in [0.3, 0.4) is 0 Å². The lowest BCUT2D eigenvalue weighted by atomic mass is 10.3. The normalized spacial score (nSPS) is 12.4. The fourth-order valence-corrected chi connectivity index (χ4v) is 1.40. The second-order valence-electron chi connectivity index (χ2n) is 2.90. The van der Waals surface area contributed by atoms with Gasteiger partial charge in [0, 0.05) is 25.0 Å². The van der Waals surface area contributed by atoms with Gasteiger partial charge in [0.15, 0.2) is 0 Å². The summed E-state index contributed by atoms with van der Waals surface area (Å²) in [5.41, 5.74) is 0. The van der Waals surface area contributed by atoms with Crippen molar-refractivity contribution in [2.45, 2.75) is 11.3 Å². The zero-order chi connectivity index (χ0) is 11.1. The molecule has 5 heteroatoms. The fourth-order valence-electron chi connectivity index (χ4n) is 1.04. The number of hydrogen-bond donors (Lipinski definition) is 0. The molecule has 0 aliphatic rings. The number of rotatable bonds is 6. The zero-order valence-electron chi connectivity index (χ0n) is 8.47. The van der Waals surface area contributed by atoms with Crippen molar-refractivity contribution in [3.05, 3.63) is 24.3 Å². The van der Waals surface area contributed by atoms with E-state index in [2.05, 4.69) is 0 Å². The number of ether oxygens (including phenoxy) is 2. The van der Waals surface area contributed by atoms with E-state index in [1.807, 2.05) is 0 Å². The third-order valence-electron chi connectivity index (χ3n) is 1.78. The highest BCUT2D eigenvalue weighted by atomic mass is 32.2. The van der Waals surface area contributed by atoms with Crippen LogP contribution in [0.2, 0.25) is 0 Å². The minimum atomic E-state index is -2.17. The third kappa shape index (κ3) is 4.42. The highest BCUT2D eigenvalue weighted by molar-refractivity contribution is 7.79.